The highest BCUT2D eigenvalue weighted by molar-refractivity contribution is 7.19. The van der Waals surface area contributed by atoms with Crippen molar-refractivity contribution in [2.45, 2.75) is 24.7 Å². The van der Waals surface area contributed by atoms with Gasteiger partial charge in [0.2, 0.25) is 0 Å². The third-order valence-electron chi connectivity index (χ3n) is 5.41. The number of aromatic nitrogens is 2. The van der Waals surface area contributed by atoms with Crippen molar-refractivity contribution in [2.75, 3.05) is 0 Å². The Bertz CT molecular complexity index is 1100. The van der Waals surface area contributed by atoms with Gasteiger partial charge in [-0.15, -0.1) is 11.3 Å². The first kappa shape index (κ1) is 17.2. The second-order valence-electron chi connectivity index (χ2n) is 6.98. The normalized spacial score (nSPS) is 19.2. The molecule has 0 radical (unpaired) electrons. The summed E-state index contributed by atoms with van der Waals surface area (Å²) in [6.45, 7) is 0. The van der Waals surface area contributed by atoms with E-state index in [1.54, 1.807) is 17.7 Å². The molecule has 2 unspecified atom stereocenters. The molecule has 0 saturated carbocycles. The van der Waals surface area contributed by atoms with Gasteiger partial charge in [-0.25, -0.2) is 9.97 Å². The summed E-state index contributed by atoms with van der Waals surface area (Å²) >= 11 is 14.0. The molecule has 2 nitrogen and oxygen atoms in total. The predicted molar refractivity (Wildman–Crippen MR) is 113 cm³/mol. The number of hydrogen-bond acceptors (Lipinski definition) is 3. The van der Waals surface area contributed by atoms with E-state index in [0.29, 0.717) is 11.8 Å². The van der Waals surface area contributed by atoms with Crippen molar-refractivity contribution in [3.8, 4) is 0 Å². The Morgan fingerprint density at radius 3 is 2.26 bits per heavy atom. The van der Waals surface area contributed by atoms with Gasteiger partial charge in [0, 0.05) is 32.4 Å². The molecule has 0 amide bonds. The molecule has 2 aromatic heterocycles. The van der Waals surface area contributed by atoms with Gasteiger partial charge in [0.25, 0.3) is 0 Å². The second-order valence-corrected chi connectivity index (χ2v) is 8.88. The minimum Gasteiger partial charge on any atom is -0.244 e. The molecule has 1 aliphatic carbocycles. The molecule has 4 aromatic rings. The molecule has 0 N–H and O–H groups in total. The third kappa shape index (κ3) is 3.14. The van der Waals surface area contributed by atoms with Crippen molar-refractivity contribution in [1.29, 1.82) is 0 Å². The van der Waals surface area contributed by atoms with Gasteiger partial charge in [0.05, 0.1) is 0 Å². The third-order valence-corrected chi connectivity index (χ3v) is 7.18. The Labute approximate surface area is 171 Å². The molecule has 2 heterocycles. The molecule has 0 saturated heterocycles. The highest BCUT2D eigenvalue weighted by atomic mass is 35.5. The molecule has 0 fully saturated rings. The highest BCUT2D eigenvalue weighted by Gasteiger charge is 2.32. The van der Waals surface area contributed by atoms with E-state index >= 15 is 0 Å². The zero-order valence-electron chi connectivity index (χ0n) is 14.4. The van der Waals surface area contributed by atoms with Crippen LogP contribution in [0.15, 0.2) is 61.1 Å². The van der Waals surface area contributed by atoms with Crippen molar-refractivity contribution < 1.29 is 0 Å². The van der Waals surface area contributed by atoms with Crippen LogP contribution in [0.5, 0.6) is 0 Å². The van der Waals surface area contributed by atoms with Gasteiger partial charge in [-0.2, -0.15) is 0 Å². The van der Waals surface area contributed by atoms with Crippen LogP contribution in [0.4, 0.5) is 0 Å². The molecule has 27 heavy (non-hydrogen) atoms. The first-order chi connectivity index (χ1) is 13.2. The number of rotatable bonds is 2. The van der Waals surface area contributed by atoms with Crippen molar-refractivity contribution in [3.05, 3.63) is 92.7 Å². The average Bonchev–Trinajstić information content (AvgIpc) is 3.07. The second kappa shape index (κ2) is 6.90. The maximum absolute atomic E-state index is 6.13. The van der Waals surface area contributed by atoms with Gasteiger partial charge in [-0.05, 0) is 59.7 Å². The number of hydrogen-bond donors (Lipinski definition) is 0. The lowest BCUT2D eigenvalue weighted by atomic mass is 9.75. The summed E-state index contributed by atoms with van der Waals surface area (Å²) in [7, 11) is 0. The number of fused-ring (bicyclic) bond motifs is 3. The van der Waals surface area contributed by atoms with E-state index in [1.807, 2.05) is 30.5 Å². The van der Waals surface area contributed by atoms with Crippen LogP contribution in [0, 0.1) is 0 Å². The van der Waals surface area contributed by atoms with E-state index in [4.69, 9.17) is 23.2 Å². The van der Waals surface area contributed by atoms with Crippen molar-refractivity contribution in [2.24, 2.45) is 0 Å². The summed E-state index contributed by atoms with van der Waals surface area (Å²) in [6.07, 6.45) is 5.67. The van der Waals surface area contributed by atoms with Gasteiger partial charge in [0.1, 0.15) is 11.2 Å². The zero-order valence-corrected chi connectivity index (χ0v) is 16.7. The summed E-state index contributed by atoms with van der Waals surface area (Å²) < 4.78 is 0. The fraction of sp³-hybridized carbons (Fsp3) is 0.182. The minimum absolute atomic E-state index is 0.339. The topological polar surface area (TPSA) is 25.8 Å². The summed E-state index contributed by atoms with van der Waals surface area (Å²) in [5.74, 6) is 0.777. The number of thiophene rings is 1. The number of nitrogens with zero attached hydrogens (tertiary/aromatic N) is 2. The van der Waals surface area contributed by atoms with Gasteiger partial charge >= 0.3 is 0 Å². The highest BCUT2D eigenvalue weighted by Crippen LogP contribution is 2.49. The average molecular weight is 411 g/mol. The van der Waals surface area contributed by atoms with E-state index < -0.39 is 0 Å². The molecule has 5 rings (SSSR count). The maximum atomic E-state index is 6.13. The van der Waals surface area contributed by atoms with Crippen LogP contribution in [-0.2, 0) is 6.42 Å². The molecular formula is C22H16Cl2N2S. The number of benzene rings is 2. The van der Waals surface area contributed by atoms with E-state index in [0.717, 1.165) is 27.7 Å². The predicted octanol–water partition coefficient (Wildman–Crippen LogP) is 6.86. The van der Waals surface area contributed by atoms with Gasteiger partial charge in [-0.3, -0.25) is 0 Å². The fourth-order valence-corrected chi connectivity index (χ4v) is 5.63. The molecule has 1 aliphatic rings. The molecule has 5 heteroatoms. The Morgan fingerprint density at radius 2 is 1.56 bits per heavy atom. The monoisotopic (exact) mass is 410 g/mol. The molecular weight excluding hydrogens is 395 g/mol. The van der Waals surface area contributed by atoms with E-state index in [1.165, 1.54) is 27.0 Å². The lowest BCUT2D eigenvalue weighted by Gasteiger charge is -2.30. The van der Waals surface area contributed by atoms with E-state index in [2.05, 4.69) is 34.2 Å². The fourth-order valence-electron chi connectivity index (χ4n) is 4.09. The number of halogens is 2. The summed E-state index contributed by atoms with van der Waals surface area (Å²) in [5, 5.41) is 2.74. The van der Waals surface area contributed by atoms with Crippen LogP contribution in [-0.4, -0.2) is 9.97 Å². The van der Waals surface area contributed by atoms with Gasteiger partial charge < -0.3 is 0 Å². The Morgan fingerprint density at radius 1 is 0.889 bits per heavy atom. The lowest BCUT2D eigenvalue weighted by molar-refractivity contribution is 0.546. The Kier molecular flexibility index (Phi) is 4.39. The van der Waals surface area contributed by atoms with Gasteiger partial charge in [-0.1, -0.05) is 47.5 Å². The van der Waals surface area contributed by atoms with Crippen molar-refractivity contribution >= 4 is 44.8 Å². The maximum Gasteiger partial charge on any atom is 0.127 e. The first-order valence-electron chi connectivity index (χ1n) is 8.91. The lowest BCUT2D eigenvalue weighted by Crippen LogP contribution is -2.16. The van der Waals surface area contributed by atoms with Crippen LogP contribution >= 0.6 is 34.5 Å². The zero-order chi connectivity index (χ0) is 18.4. The van der Waals surface area contributed by atoms with E-state index in [9.17, 15) is 0 Å². The Balaban J connectivity index is 1.65. The largest absolute Gasteiger partial charge is 0.244 e. The molecule has 134 valence electrons. The quantitative estimate of drug-likeness (QED) is 0.360. The van der Waals surface area contributed by atoms with E-state index in [-0.39, 0.29) is 0 Å². The standard InChI is InChI=1S/C22H16Cl2N2S/c23-16-5-1-13(2-6-16)15-9-18(14-3-7-17(24)8-4-14)21-19(10-15)20-11-25-12-26-22(20)27-21/h1-8,11-12,15,18H,9-10H2. The van der Waals surface area contributed by atoms with Crippen LogP contribution in [0.2, 0.25) is 10.0 Å². The Hall–Kier alpha value is -1.94. The van der Waals surface area contributed by atoms with Crippen LogP contribution < -0.4 is 0 Å². The smallest absolute Gasteiger partial charge is 0.127 e. The summed E-state index contributed by atoms with van der Waals surface area (Å²) in [6, 6.07) is 16.5. The molecule has 2 aromatic carbocycles. The van der Waals surface area contributed by atoms with Crippen LogP contribution in [0.25, 0.3) is 10.2 Å². The van der Waals surface area contributed by atoms with Crippen LogP contribution in [0.3, 0.4) is 0 Å². The first-order valence-corrected chi connectivity index (χ1v) is 10.5. The van der Waals surface area contributed by atoms with Gasteiger partial charge in [0.15, 0.2) is 0 Å². The molecule has 2 atom stereocenters. The summed E-state index contributed by atoms with van der Waals surface area (Å²) in [4.78, 5) is 11.3. The minimum atomic E-state index is 0.339. The van der Waals surface area contributed by atoms with Crippen LogP contribution in [0.1, 0.15) is 39.8 Å². The summed E-state index contributed by atoms with van der Waals surface area (Å²) in [5.41, 5.74) is 4.03. The molecule has 0 spiro atoms. The van der Waals surface area contributed by atoms with Crippen molar-refractivity contribution in [1.82, 2.24) is 9.97 Å². The van der Waals surface area contributed by atoms with Crippen molar-refractivity contribution in [3.63, 3.8) is 0 Å². The SMILES string of the molecule is Clc1ccc(C2Cc3c(sc4ncncc34)C(c3ccc(Cl)cc3)C2)cc1. The molecule has 0 aliphatic heterocycles. The molecule has 0 bridgehead atoms.